The molecular formula is C10H20NO+. The van der Waals surface area contributed by atoms with E-state index in [1.807, 2.05) is 27.8 Å². The van der Waals surface area contributed by atoms with E-state index in [1.54, 1.807) is 6.92 Å². The zero-order valence-electron chi connectivity index (χ0n) is 8.85. The molecule has 2 heteroatoms. The Bertz CT molecular complexity index is 196. The van der Waals surface area contributed by atoms with E-state index in [0.29, 0.717) is 4.48 Å². The molecule has 0 aromatic carbocycles. The average molecular weight is 170 g/mol. The van der Waals surface area contributed by atoms with Gasteiger partial charge in [-0.25, -0.2) is 9.28 Å². The fraction of sp³-hybridized carbons (Fsp3) is 0.700. The van der Waals surface area contributed by atoms with Crippen LogP contribution in [0.4, 0.5) is 0 Å². The molecule has 70 valence electrons. The lowest BCUT2D eigenvalue weighted by Crippen LogP contribution is -2.51. The second kappa shape index (κ2) is 3.85. The van der Waals surface area contributed by atoms with E-state index in [2.05, 4.69) is 6.58 Å². The van der Waals surface area contributed by atoms with Crippen LogP contribution in [0.3, 0.4) is 0 Å². The molecule has 0 saturated carbocycles. The molecule has 0 aliphatic rings. The number of hydrogen-bond donors (Lipinski definition) is 0. The third-order valence-corrected chi connectivity index (χ3v) is 2.75. The highest BCUT2D eigenvalue weighted by Crippen LogP contribution is 2.21. The first-order valence-electron chi connectivity index (χ1n) is 4.43. The number of allylic oxidation sites excluding steroid dienone is 1. The number of carbonyl (C=O) groups excluding carboxylic acids is 1. The summed E-state index contributed by atoms with van der Waals surface area (Å²) in [6.07, 6.45) is 0.855. The van der Waals surface area contributed by atoms with Crippen LogP contribution >= 0.6 is 0 Å². The van der Waals surface area contributed by atoms with Crippen molar-refractivity contribution in [3.05, 3.63) is 12.3 Å². The molecule has 12 heavy (non-hydrogen) atoms. The lowest BCUT2D eigenvalue weighted by molar-refractivity contribution is -0.818. The zero-order valence-corrected chi connectivity index (χ0v) is 8.85. The Morgan fingerprint density at radius 2 is 1.92 bits per heavy atom. The van der Waals surface area contributed by atoms with E-state index in [1.165, 1.54) is 0 Å². The van der Waals surface area contributed by atoms with Gasteiger partial charge in [0, 0.05) is 6.42 Å². The number of amides is 1. The van der Waals surface area contributed by atoms with Gasteiger partial charge in [-0.3, -0.25) is 0 Å². The highest BCUT2D eigenvalue weighted by molar-refractivity contribution is 5.66. The van der Waals surface area contributed by atoms with Crippen LogP contribution in [-0.2, 0) is 4.79 Å². The van der Waals surface area contributed by atoms with Gasteiger partial charge < -0.3 is 0 Å². The maximum atomic E-state index is 11.4. The molecule has 0 fully saturated rings. The molecule has 0 aromatic heterocycles. The Hall–Kier alpha value is -0.630. The Balaban J connectivity index is 4.87. The number of quaternary nitrogens is 1. The third kappa shape index (κ3) is 1.75. The molecule has 1 atom stereocenters. The topological polar surface area (TPSA) is 17.1 Å². The molecule has 0 bridgehead atoms. The van der Waals surface area contributed by atoms with E-state index >= 15 is 0 Å². The molecular weight excluding hydrogens is 150 g/mol. The van der Waals surface area contributed by atoms with Crippen LogP contribution in [-0.4, -0.2) is 23.5 Å². The van der Waals surface area contributed by atoms with Crippen LogP contribution in [0.5, 0.6) is 0 Å². The zero-order chi connectivity index (χ0) is 9.94. The van der Waals surface area contributed by atoms with Gasteiger partial charge in [-0.05, 0) is 20.4 Å². The van der Waals surface area contributed by atoms with Gasteiger partial charge in [-0.15, -0.1) is 0 Å². The molecule has 0 aromatic rings. The highest BCUT2D eigenvalue weighted by Gasteiger charge is 2.34. The van der Waals surface area contributed by atoms with Crippen LogP contribution < -0.4 is 0 Å². The van der Waals surface area contributed by atoms with Crippen molar-refractivity contribution >= 4 is 5.91 Å². The lowest BCUT2D eigenvalue weighted by atomic mass is 10.2. The van der Waals surface area contributed by atoms with E-state index in [9.17, 15) is 4.79 Å². The second-order valence-corrected chi connectivity index (χ2v) is 3.61. The molecule has 0 N–H and O–H groups in total. The smallest absolute Gasteiger partial charge is 0.233 e. The monoisotopic (exact) mass is 170 g/mol. The van der Waals surface area contributed by atoms with E-state index in [0.717, 1.165) is 12.1 Å². The van der Waals surface area contributed by atoms with Crippen LogP contribution in [0.1, 0.15) is 34.1 Å². The third-order valence-electron chi connectivity index (χ3n) is 2.75. The molecule has 0 aliphatic carbocycles. The lowest BCUT2D eigenvalue weighted by Gasteiger charge is -2.35. The molecule has 1 unspecified atom stereocenters. The molecule has 2 nitrogen and oxygen atoms in total. The summed E-state index contributed by atoms with van der Waals surface area (Å²) in [5.41, 5.74) is 0.984. The van der Waals surface area contributed by atoms with Crippen LogP contribution in [0, 0.1) is 0 Å². The summed E-state index contributed by atoms with van der Waals surface area (Å²) in [5.74, 6) is 0.164. The van der Waals surface area contributed by atoms with E-state index in [4.69, 9.17) is 0 Å². The normalized spacial score (nSPS) is 15.8. The van der Waals surface area contributed by atoms with Crippen molar-refractivity contribution < 1.29 is 9.28 Å². The van der Waals surface area contributed by atoms with Gasteiger partial charge in [0.2, 0.25) is 0 Å². The molecule has 0 radical (unpaired) electrons. The number of hydrogen-bond acceptors (Lipinski definition) is 1. The minimum atomic E-state index is 0.164. The van der Waals surface area contributed by atoms with Crippen LogP contribution in [0.15, 0.2) is 12.3 Å². The van der Waals surface area contributed by atoms with Gasteiger partial charge in [-0.1, -0.05) is 6.92 Å². The number of carbonyl (C=O) groups is 1. The van der Waals surface area contributed by atoms with Crippen LogP contribution in [0.25, 0.3) is 0 Å². The first kappa shape index (κ1) is 11.4. The van der Waals surface area contributed by atoms with Crippen molar-refractivity contribution in [1.29, 1.82) is 0 Å². The summed E-state index contributed by atoms with van der Waals surface area (Å²) in [6.45, 7) is 11.7. The fourth-order valence-corrected chi connectivity index (χ4v) is 1.28. The standard InChI is InChI=1S/C10H20NO/c1-7-9(4)11(6,8(2)3)10(5)12/h8H,4,7H2,1-3,5-6H3/q+1. The van der Waals surface area contributed by atoms with Crippen molar-refractivity contribution in [1.82, 2.24) is 0 Å². The van der Waals surface area contributed by atoms with Gasteiger partial charge in [0.25, 0.3) is 0 Å². The highest BCUT2D eigenvalue weighted by atomic mass is 16.2. The van der Waals surface area contributed by atoms with Crippen molar-refractivity contribution in [2.24, 2.45) is 0 Å². The quantitative estimate of drug-likeness (QED) is 0.594. The van der Waals surface area contributed by atoms with Gasteiger partial charge in [0.15, 0.2) is 0 Å². The number of nitrogens with zero attached hydrogens (tertiary/aromatic N) is 1. The van der Waals surface area contributed by atoms with Crippen molar-refractivity contribution in [3.8, 4) is 0 Å². The Kier molecular flexibility index (Phi) is 3.65. The van der Waals surface area contributed by atoms with Crippen molar-refractivity contribution in [3.63, 3.8) is 0 Å². The summed E-state index contributed by atoms with van der Waals surface area (Å²) < 4.78 is 0.358. The molecule has 0 heterocycles. The maximum absolute atomic E-state index is 11.4. The Morgan fingerprint density at radius 3 is 2.00 bits per heavy atom. The SMILES string of the molecule is C=C(CC)[N+](C)(C(C)=O)C(C)C. The Morgan fingerprint density at radius 1 is 1.50 bits per heavy atom. The fourth-order valence-electron chi connectivity index (χ4n) is 1.28. The molecule has 1 amide bonds. The average Bonchev–Trinajstić information content (AvgIpc) is 2.00. The summed E-state index contributed by atoms with van der Waals surface area (Å²) in [7, 11) is 1.93. The van der Waals surface area contributed by atoms with Crippen LogP contribution in [0.2, 0.25) is 0 Å². The summed E-state index contributed by atoms with van der Waals surface area (Å²) >= 11 is 0. The summed E-state index contributed by atoms with van der Waals surface area (Å²) in [4.78, 5) is 11.4. The van der Waals surface area contributed by atoms with E-state index < -0.39 is 0 Å². The molecule has 0 saturated heterocycles. The van der Waals surface area contributed by atoms with Gasteiger partial charge in [-0.2, -0.15) is 0 Å². The molecule has 0 aliphatic heterocycles. The van der Waals surface area contributed by atoms with Gasteiger partial charge in [0.1, 0.15) is 5.70 Å². The predicted octanol–water partition coefficient (Wildman–Crippen LogP) is 2.31. The van der Waals surface area contributed by atoms with Crippen molar-refractivity contribution in [2.75, 3.05) is 7.05 Å². The Labute approximate surface area is 75.5 Å². The second-order valence-electron chi connectivity index (χ2n) is 3.61. The summed E-state index contributed by atoms with van der Waals surface area (Å²) in [6, 6.07) is 0.273. The minimum Gasteiger partial charge on any atom is -0.233 e. The van der Waals surface area contributed by atoms with Gasteiger partial charge in [0.05, 0.1) is 20.0 Å². The molecule has 0 rings (SSSR count). The van der Waals surface area contributed by atoms with E-state index in [-0.39, 0.29) is 11.9 Å². The minimum absolute atomic E-state index is 0.164. The number of rotatable bonds is 3. The molecule has 0 spiro atoms. The summed E-state index contributed by atoms with van der Waals surface area (Å²) in [5, 5.41) is 0. The first-order valence-corrected chi connectivity index (χ1v) is 4.43. The maximum Gasteiger partial charge on any atom is 0.315 e. The predicted molar refractivity (Wildman–Crippen MR) is 51.4 cm³/mol. The van der Waals surface area contributed by atoms with Crippen molar-refractivity contribution in [2.45, 2.75) is 40.2 Å². The largest absolute Gasteiger partial charge is 0.315 e. The first-order chi connectivity index (χ1) is 5.37. The van der Waals surface area contributed by atoms with Gasteiger partial charge >= 0.3 is 5.91 Å².